The van der Waals surface area contributed by atoms with Gasteiger partial charge in [-0.3, -0.25) is 4.79 Å². The average Bonchev–Trinajstić information content (AvgIpc) is 2.25. The molecule has 0 atom stereocenters. The van der Waals surface area contributed by atoms with Gasteiger partial charge in [0.1, 0.15) is 5.02 Å². The molecule has 1 aromatic rings. The van der Waals surface area contributed by atoms with Crippen LogP contribution in [0.5, 0.6) is 0 Å². The molecule has 0 amide bonds. The van der Waals surface area contributed by atoms with Crippen LogP contribution in [0.4, 0.5) is 0 Å². The summed E-state index contributed by atoms with van der Waals surface area (Å²) in [6.07, 6.45) is 1.22. The Balaban J connectivity index is 2.93. The van der Waals surface area contributed by atoms with Crippen molar-refractivity contribution in [2.45, 2.75) is 25.6 Å². The van der Waals surface area contributed by atoms with Crippen LogP contribution in [-0.4, -0.2) is 29.2 Å². The van der Waals surface area contributed by atoms with Crippen LogP contribution in [0.3, 0.4) is 0 Å². The van der Waals surface area contributed by atoms with E-state index in [1.807, 2.05) is 0 Å². The van der Waals surface area contributed by atoms with Crippen LogP contribution in [0.2, 0.25) is 10.0 Å². The van der Waals surface area contributed by atoms with E-state index in [0.29, 0.717) is 0 Å². The predicted octanol–water partition coefficient (Wildman–Crippen LogP) is 1.37. The third kappa shape index (κ3) is 3.43. The van der Waals surface area contributed by atoms with Gasteiger partial charge in [-0.05, 0) is 13.8 Å². The maximum atomic E-state index is 11.6. The van der Waals surface area contributed by atoms with Crippen molar-refractivity contribution in [3.8, 4) is 0 Å². The standard InChI is InChI=1S/C9H12Cl2N2O3S/c1-6(2)17(15,16)4-3-13-9(14)8(11)7(10)5-12-13/h5-6H,3-4H2,1-2H3. The highest BCUT2D eigenvalue weighted by Crippen LogP contribution is 2.14. The maximum Gasteiger partial charge on any atom is 0.287 e. The van der Waals surface area contributed by atoms with Crippen molar-refractivity contribution in [2.24, 2.45) is 0 Å². The van der Waals surface area contributed by atoms with Gasteiger partial charge in [-0.1, -0.05) is 23.2 Å². The molecule has 0 saturated carbocycles. The molecule has 8 heteroatoms. The molecule has 5 nitrogen and oxygen atoms in total. The average molecular weight is 299 g/mol. The second-order valence-corrected chi connectivity index (χ2v) is 7.21. The van der Waals surface area contributed by atoms with Crippen molar-refractivity contribution < 1.29 is 8.42 Å². The Morgan fingerprint density at radius 2 is 2.00 bits per heavy atom. The lowest BCUT2D eigenvalue weighted by Gasteiger charge is -2.08. The van der Waals surface area contributed by atoms with E-state index in [2.05, 4.69) is 5.10 Å². The Morgan fingerprint density at radius 1 is 1.41 bits per heavy atom. The van der Waals surface area contributed by atoms with Crippen LogP contribution < -0.4 is 5.56 Å². The summed E-state index contributed by atoms with van der Waals surface area (Å²) >= 11 is 11.2. The van der Waals surface area contributed by atoms with Crippen LogP contribution in [0.25, 0.3) is 0 Å². The molecule has 1 rings (SSSR count). The summed E-state index contributed by atoms with van der Waals surface area (Å²) in [6, 6.07) is 0. The number of hydrogen-bond acceptors (Lipinski definition) is 4. The molecule has 1 aromatic heterocycles. The van der Waals surface area contributed by atoms with Crippen molar-refractivity contribution in [3.05, 3.63) is 26.6 Å². The Morgan fingerprint density at radius 3 is 2.53 bits per heavy atom. The second kappa shape index (κ2) is 5.37. The number of aryl methyl sites for hydroxylation is 1. The van der Waals surface area contributed by atoms with E-state index < -0.39 is 20.6 Å². The largest absolute Gasteiger partial charge is 0.287 e. The van der Waals surface area contributed by atoms with Crippen LogP contribution >= 0.6 is 23.2 Å². The molecule has 1 heterocycles. The Bertz CT molecular complexity index is 566. The molecule has 96 valence electrons. The molecular formula is C9H12Cl2N2O3S. The third-order valence-electron chi connectivity index (χ3n) is 2.25. The van der Waals surface area contributed by atoms with E-state index >= 15 is 0 Å². The van der Waals surface area contributed by atoms with Gasteiger partial charge < -0.3 is 0 Å². The van der Waals surface area contributed by atoms with Gasteiger partial charge in [-0.15, -0.1) is 0 Å². The quantitative estimate of drug-likeness (QED) is 0.842. The van der Waals surface area contributed by atoms with Crippen LogP contribution in [-0.2, 0) is 16.4 Å². The molecule has 0 aliphatic heterocycles. The van der Waals surface area contributed by atoms with Crippen molar-refractivity contribution in [2.75, 3.05) is 5.75 Å². The van der Waals surface area contributed by atoms with Gasteiger partial charge in [-0.2, -0.15) is 5.10 Å². The lowest BCUT2D eigenvalue weighted by molar-refractivity contribution is 0.564. The normalized spacial score (nSPS) is 12.1. The minimum Gasteiger partial charge on any atom is -0.266 e. The molecule has 0 aliphatic carbocycles. The lowest BCUT2D eigenvalue weighted by Crippen LogP contribution is -2.29. The maximum absolute atomic E-state index is 11.6. The fraction of sp³-hybridized carbons (Fsp3) is 0.556. The summed E-state index contributed by atoms with van der Waals surface area (Å²) in [6.45, 7) is 3.14. The molecular weight excluding hydrogens is 287 g/mol. The minimum absolute atomic E-state index is 0.0315. The fourth-order valence-electron chi connectivity index (χ4n) is 1.05. The first-order valence-corrected chi connectivity index (χ1v) is 7.35. The number of nitrogens with zero attached hydrogens (tertiary/aromatic N) is 2. The zero-order chi connectivity index (χ0) is 13.2. The van der Waals surface area contributed by atoms with E-state index in [4.69, 9.17) is 23.2 Å². The highest BCUT2D eigenvalue weighted by atomic mass is 35.5. The van der Waals surface area contributed by atoms with Crippen LogP contribution in [0.15, 0.2) is 11.0 Å². The van der Waals surface area contributed by atoms with E-state index in [9.17, 15) is 13.2 Å². The molecule has 0 aromatic carbocycles. The van der Waals surface area contributed by atoms with Gasteiger partial charge in [0.15, 0.2) is 9.84 Å². The summed E-state index contributed by atoms with van der Waals surface area (Å²) in [5, 5.41) is 3.14. The Kier molecular flexibility index (Phi) is 4.57. The van der Waals surface area contributed by atoms with Crippen molar-refractivity contribution in [1.29, 1.82) is 0 Å². The minimum atomic E-state index is -3.21. The Hall–Kier alpha value is -0.590. The second-order valence-electron chi connectivity index (χ2n) is 3.75. The van der Waals surface area contributed by atoms with Gasteiger partial charge >= 0.3 is 0 Å². The van der Waals surface area contributed by atoms with E-state index in [1.165, 1.54) is 6.20 Å². The zero-order valence-corrected chi connectivity index (χ0v) is 11.7. The molecule has 0 saturated heterocycles. The predicted molar refractivity (Wildman–Crippen MR) is 67.4 cm³/mol. The monoisotopic (exact) mass is 298 g/mol. The molecule has 0 unspecified atom stereocenters. The number of hydrogen-bond donors (Lipinski definition) is 0. The number of halogens is 2. The lowest BCUT2D eigenvalue weighted by atomic mass is 10.5. The van der Waals surface area contributed by atoms with Gasteiger partial charge in [0.2, 0.25) is 0 Å². The molecule has 0 aliphatic rings. The van der Waals surface area contributed by atoms with E-state index in [-0.39, 0.29) is 22.3 Å². The van der Waals surface area contributed by atoms with Gasteiger partial charge in [0.25, 0.3) is 5.56 Å². The molecule has 0 N–H and O–H groups in total. The summed E-state index contributed by atoms with van der Waals surface area (Å²) < 4.78 is 24.1. The molecule has 0 fully saturated rings. The molecule has 0 spiro atoms. The molecule has 0 bridgehead atoms. The van der Waals surface area contributed by atoms with Crippen LogP contribution in [0, 0.1) is 0 Å². The highest BCUT2D eigenvalue weighted by molar-refractivity contribution is 7.91. The number of rotatable bonds is 4. The van der Waals surface area contributed by atoms with Crippen molar-refractivity contribution in [3.63, 3.8) is 0 Å². The van der Waals surface area contributed by atoms with Crippen molar-refractivity contribution >= 4 is 33.0 Å². The fourth-order valence-corrected chi connectivity index (χ4v) is 2.22. The SMILES string of the molecule is CC(C)S(=O)(=O)CCn1ncc(Cl)c(Cl)c1=O. The smallest absolute Gasteiger partial charge is 0.266 e. The zero-order valence-electron chi connectivity index (χ0n) is 9.35. The summed E-state index contributed by atoms with van der Waals surface area (Å²) in [7, 11) is -3.21. The summed E-state index contributed by atoms with van der Waals surface area (Å²) in [4.78, 5) is 11.6. The topological polar surface area (TPSA) is 69.0 Å². The number of sulfone groups is 1. The summed E-state index contributed by atoms with van der Waals surface area (Å²) in [5.74, 6) is -0.157. The Labute approximate surface area is 109 Å². The van der Waals surface area contributed by atoms with E-state index in [0.717, 1.165) is 4.68 Å². The summed E-state index contributed by atoms with van der Waals surface area (Å²) in [5.41, 5.74) is -0.585. The highest BCUT2D eigenvalue weighted by Gasteiger charge is 2.17. The molecule has 17 heavy (non-hydrogen) atoms. The van der Waals surface area contributed by atoms with E-state index in [1.54, 1.807) is 13.8 Å². The number of aromatic nitrogens is 2. The van der Waals surface area contributed by atoms with Crippen LogP contribution in [0.1, 0.15) is 13.8 Å². The first kappa shape index (κ1) is 14.5. The van der Waals surface area contributed by atoms with Gasteiger partial charge in [0.05, 0.1) is 28.8 Å². The van der Waals surface area contributed by atoms with Crippen molar-refractivity contribution in [1.82, 2.24) is 9.78 Å². The molecule has 0 radical (unpaired) electrons. The first-order chi connectivity index (χ1) is 7.75. The van der Waals surface area contributed by atoms with Gasteiger partial charge in [0, 0.05) is 0 Å². The first-order valence-electron chi connectivity index (χ1n) is 4.88. The van der Waals surface area contributed by atoms with Gasteiger partial charge in [-0.25, -0.2) is 13.1 Å². The third-order valence-corrected chi connectivity index (χ3v) is 5.18.